The number of carbonyl (C=O) groups is 3. The van der Waals surface area contributed by atoms with Crippen molar-refractivity contribution in [3.05, 3.63) is 68.8 Å². The number of rotatable bonds is 9. The van der Waals surface area contributed by atoms with E-state index >= 15 is 0 Å². The highest BCUT2D eigenvalue weighted by molar-refractivity contribution is 6.43. The summed E-state index contributed by atoms with van der Waals surface area (Å²) in [4.78, 5) is 42.6. The van der Waals surface area contributed by atoms with Gasteiger partial charge in [0.2, 0.25) is 0 Å². The van der Waals surface area contributed by atoms with Gasteiger partial charge in [0.25, 0.3) is 5.91 Å². The van der Waals surface area contributed by atoms with E-state index in [0.717, 1.165) is 21.7 Å². The Balaban J connectivity index is 1.73. The average Bonchev–Trinajstić information content (AvgIpc) is 3.18. The van der Waals surface area contributed by atoms with Crippen molar-refractivity contribution < 1.29 is 28.2 Å². The Bertz CT molecular complexity index is 1360. The molecule has 0 aliphatic rings. The van der Waals surface area contributed by atoms with Crippen molar-refractivity contribution in [1.29, 1.82) is 0 Å². The first-order valence-corrected chi connectivity index (χ1v) is 12.0. The van der Waals surface area contributed by atoms with Gasteiger partial charge >= 0.3 is 12.1 Å². The number of hydrogen-bond acceptors (Lipinski definition) is 8. The van der Waals surface area contributed by atoms with E-state index in [-0.39, 0.29) is 45.5 Å². The van der Waals surface area contributed by atoms with Crippen LogP contribution in [0, 0.1) is 5.82 Å². The highest BCUT2D eigenvalue weighted by atomic mass is 35.5. The minimum atomic E-state index is -1.11. The van der Waals surface area contributed by atoms with Crippen molar-refractivity contribution in [2.24, 2.45) is 0 Å². The molecule has 0 saturated heterocycles. The number of halogens is 4. The molecule has 2 heterocycles. The third kappa shape index (κ3) is 6.90. The molecule has 2 N–H and O–H groups in total. The molecule has 0 aliphatic carbocycles. The summed E-state index contributed by atoms with van der Waals surface area (Å²) in [5, 5.41) is 8.82. The third-order valence-electron chi connectivity index (χ3n) is 4.98. The number of pyridine rings is 1. The van der Waals surface area contributed by atoms with Gasteiger partial charge in [0.15, 0.2) is 17.1 Å². The SMILES string of the molecule is CNCC(=O)OCc1cccnc1N(C)C(=O)OC(C)n1nc(C(=O)Nc2ccc(F)cc2Cl)c(Cl)c1Cl. The molecule has 38 heavy (non-hydrogen) atoms. The molecule has 11 nitrogen and oxygen atoms in total. The van der Waals surface area contributed by atoms with Gasteiger partial charge in [-0.15, -0.1) is 0 Å². The van der Waals surface area contributed by atoms with Gasteiger partial charge in [0.05, 0.1) is 17.3 Å². The monoisotopic (exact) mass is 586 g/mol. The van der Waals surface area contributed by atoms with E-state index in [0.29, 0.717) is 5.56 Å². The van der Waals surface area contributed by atoms with E-state index in [2.05, 4.69) is 20.7 Å². The number of likely N-dealkylation sites (N-methyl/N-ethyl adjacent to an activating group) is 1. The molecule has 0 aliphatic heterocycles. The van der Waals surface area contributed by atoms with E-state index < -0.39 is 30.0 Å². The second kappa shape index (κ2) is 12.9. The Morgan fingerprint density at radius 2 is 1.95 bits per heavy atom. The number of nitrogens with one attached hydrogen (secondary N) is 2. The average molecular weight is 588 g/mol. The standard InChI is InChI=1S/C23H22Cl3FN6O5/c1-12(38-23(36)32(3)21-13(5-4-8-29-21)11-37-17(34)10-28-2)33-20(26)18(25)19(31-33)22(35)30-16-7-6-14(27)9-15(16)24/h4-9,12,28H,10-11H2,1-3H3,(H,30,35). The van der Waals surface area contributed by atoms with Crippen LogP contribution in [0.25, 0.3) is 0 Å². The Kier molecular flexibility index (Phi) is 9.86. The molecule has 1 aromatic carbocycles. The lowest BCUT2D eigenvalue weighted by atomic mass is 10.2. The van der Waals surface area contributed by atoms with E-state index in [4.69, 9.17) is 44.3 Å². The number of amides is 2. The predicted octanol–water partition coefficient (Wildman–Crippen LogP) is 4.68. The summed E-state index contributed by atoms with van der Waals surface area (Å²) in [6.07, 6.45) is -0.485. The van der Waals surface area contributed by atoms with Gasteiger partial charge < -0.3 is 20.1 Å². The summed E-state index contributed by atoms with van der Waals surface area (Å²) in [6.45, 7) is 1.36. The molecule has 15 heteroatoms. The molecule has 0 bridgehead atoms. The number of ether oxygens (including phenoxy) is 2. The van der Waals surface area contributed by atoms with Gasteiger partial charge in [-0.3, -0.25) is 14.5 Å². The van der Waals surface area contributed by atoms with Gasteiger partial charge in [-0.2, -0.15) is 5.10 Å². The zero-order valence-electron chi connectivity index (χ0n) is 20.3. The molecule has 2 amide bonds. The molecule has 1 unspecified atom stereocenters. The van der Waals surface area contributed by atoms with Crippen LogP contribution in [0.1, 0.15) is 29.2 Å². The first-order valence-electron chi connectivity index (χ1n) is 10.9. The van der Waals surface area contributed by atoms with E-state index in [1.807, 2.05) is 0 Å². The quantitative estimate of drug-likeness (QED) is 0.345. The fourth-order valence-corrected chi connectivity index (χ4v) is 3.80. The van der Waals surface area contributed by atoms with Crippen LogP contribution in [0.2, 0.25) is 15.2 Å². The number of carbonyl (C=O) groups excluding carboxylic acids is 3. The van der Waals surface area contributed by atoms with Gasteiger partial charge in [-0.25, -0.2) is 18.9 Å². The molecular weight excluding hydrogens is 566 g/mol. The molecule has 3 rings (SSSR count). The van der Waals surface area contributed by atoms with E-state index in [1.165, 1.54) is 26.2 Å². The molecule has 2 aromatic heterocycles. The van der Waals surface area contributed by atoms with E-state index in [1.54, 1.807) is 19.2 Å². The fourth-order valence-electron chi connectivity index (χ4n) is 3.11. The zero-order valence-corrected chi connectivity index (χ0v) is 22.6. The maximum Gasteiger partial charge on any atom is 0.417 e. The lowest BCUT2D eigenvalue weighted by molar-refractivity contribution is -0.143. The summed E-state index contributed by atoms with van der Waals surface area (Å²) in [5.74, 6) is -1.63. The number of nitrogens with zero attached hydrogens (tertiary/aromatic N) is 4. The second-order valence-corrected chi connectivity index (χ2v) is 8.84. The minimum Gasteiger partial charge on any atom is -0.460 e. The Hall–Kier alpha value is -3.45. The van der Waals surface area contributed by atoms with Crippen molar-refractivity contribution in [3.63, 3.8) is 0 Å². The number of anilines is 2. The van der Waals surface area contributed by atoms with Gasteiger partial charge in [-0.05, 0) is 38.2 Å². The largest absolute Gasteiger partial charge is 0.460 e. The maximum absolute atomic E-state index is 13.3. The number of benzene rings is 1. The maximum atomic E-state index is 13.3. The van der Waals surface area contributed by atoms with Crippen LogP contribution in [0.5, 0.6) is 0 Å². The van der Waals surface area contributed by atoms with Crippen LogP contribution in [-0.2, 0) is 20.9 Å². The van der Waals surface area contributed by atoms with Crippen LogP contribution in [0.15, 0.2) is 36.5 Å². The molecule has 0 radical (unpaired) electrons. The molecule has 3 aromatic rings. The van der Waals surface area contributed by atoms with Crippen LogP contribution in [0.3, 0.4) is 0 Å². The highest BCUT2D eigenvalue weighted by Crippen LogP contribution is 2.31. The van der Waals surface area contributed by atoms with Gasteiger partial charge in [0, 0.05) is 18.8 Å². The topological polar surface area (TPSA) is 128 Å². The highest BCUT2D eigenvalue weighted by Gasteiger charge is 2.27. The summed E-state index contributed by atoms with van der Waals surface area (Å²) in [6, 6.07) is 6.69. The third-order valence-corrected chi connectivity index (χ3v) is 6.11. The van der Waals surface area contributed by atoms with Crippen molar-refractivity contribution in [1.82, 2.24) is 20.1 Å². The fraction of sp³-hybridized carbons (Fsp3) is 0.261. The normalized spacial score (nSPS) is 11.6. The number of hydrogen-bond donors (Lipinski definition) is 2. The van der Waals surface area contributed by atoms with Crippen molar-refractivity contribution in [3.8, 4) is 0 Å². The van der Waals surface area contributed by atoms with Crippen LogP contribution in [-0.4, -0.2) is 53.4 Å². The molecule has 202 valence electrons. The number of esters is 1. The zero-order chi connectivity index (χ0) is 28.0. The van der Waals surface area contributed by atoms with Crippen molar-refractivity contribution in [2.75, 3.05) is 30.9 Å². The van der Waals surface area contributed by atoms with Crippen LogP contribution < -0.4 is 15.5 Å². The Morgan fingerprint density at radius 3 is 2.63 bits per heavy atom. The molecule has 0 saturated carbocycles. The first-order chi connectivity index (χ1) is 18.0. The molecular formula is C23H22Cl3FN6O5. The van der Waals surface area contributed by atoms with Crippen molar-refractivity contribution >= 4 is 64.3 Å². The lowest BCUT2D eigenvalue weighted by Crippen LogP contribution is -2.31. The Labute approximate surface area is 231 Å². The number of aromatic nitrogens is 3. The molecule has 0 fully saturated rings. The summed E-state index contributed by atoms with van der Waals surface area (Å²) in [7, 11) is 3.02. The predicted molar refractivity (Wildman–Crippen MR) is 139 cm³/mol. The Morgan fingerprint density at radius 1 is 1.21 bits per heavy atom. The summed E-state index contributed by atoms with van der Waals surface area (Å²) >= 11 is 18.4. The van der Waals surface area contributed by atoms with E-state index in [9.17, 15) is 18.8 Å². The minimum absolute atomic E-state index is 0.0229. The molecule has 1 atom stereocenters. The summed E-state index contributed by atoms with van der Waals surface area (Å²) < 4.78 is 24.9. The van der Waals surface area contributed by atoms with Crippen LogP contribution in [0.4, 0.5) is 20.7 Å². The lowest BCUT2D eigenvalue weighted by Gasteiger charge is -2.22. The van der Waals surface area contributed by atoms with Crippen molar-refractivity contribution in [2.45, 2.75) is 19.8 Å². The molecule has 0 spiro atoms. The second-order valence-electron chi connectivity index (χ2n) is 7.70. The van der Waals surface area contributed by atoms with Crippen LogP contribution >= 0.6 is 34.8 Å². The van der Waals surface area contributed by atoms with Gasteiger partial charge in [0.1, 0.15) is 23.3 Å². The first kappa shape index (κ1) is 29.1. The van der Waals surface area contributed by atoms with Gasteiger partial charge in [-0.1, -0.05) is 40.9 Å². The smallest absolute Gasteiger partial charge is 0.417 e. The summed E-state index contributed by atoms with van der Waals surface area (Å²) in [5.41, 5.74) is 0.315.